The van der Waals surface area contributed by atoms with Gasteiger partial charge in [-0.05, 0) is 31.3 Å². The van der Waals surface area contributed by atoms with E-state index in [4.69, 9.17) is 9.47 Å². The summed E-state index contributed by atoms with van der Waals surface area (Å²) >= 11 is 0. The molecule has 1 aromatic heterocycles. The third-order valence-corrected chi connectivity index (χ3v) is 4.09. The Kier molecular flexibility index (Phi) is 5.84. The molecule has 0 spiro atoms. The Morgan fingerprint density at radius 2 is 1.80 bits per heavy atom. The molecule has 0 amide bonds. The summed E-state index contributed by atoms with van der Waals surface area (Å²) in [6.07, 6.45) is 1.71. The monoisotopic (exact) mass is 344 g/mol. The fourth-order valence-electron chi connectivity index (χ4n) is 2.56. The lowest BCUT2D eigenvalue weighted by atomic mass is 10.3. The van der Waals surface area contributed by atoms with Crippen LogP contribution in [0, 0.1) is 0 Å². The average Bonchev–Trinajstić information content (AvgIpc) is 2.66. The van der Waals surface area contributed by atoms with Crippen molar-refractivity contribution in [3.8, 4) is 11.5 Å². The smallest absolute Gasteiger partial charge is 0.244 e. The highest BCUT2D eigenvalue weighted by Crippen LogP contribution is 2.17. The van der Waals surface area contributed by atoms with Crippen molar-refractivity contribution in [3.63, 3.8) is 0 Å². The topological polar surface area (TPSA) is 75.6 Å². The van der Waals surface area contributed by atoms with Crippen molar-refractivity contribution in [2.75, 3.05) is 63.7 Å². The number of ether oxygens (including phenoxy) is 2. The first-order chi connectivity index (χ1) is 12.2. The summed E-state index contributed by atoms with van der Waals surface area (Å²) in [6, 6.07) is 7.50. The van der Waals surface area contributed by atoms with Crippen LogP contribution in [0.15, 0.2) is 30.5 Å². The normalized spacial score (nSPS) is 15.0. The standard InChI is InChI=1S/C17H24N6O2/c1-22-8-10-23(11-9-22)16-13-19-21-17(20-16)18-7-12-25-15-5-3-14(24-2)4-6-15/h3-6,13H,7-12H2,1-2H3,(H,18,20,21). The lowest BCUT2D eigenvalue weighted by Crippen LogP contribution is -2.44. The number of hydrogen-bond donors (Lipinski definition) is 1. The minimum atomic E-state index is 0.508. The van der Waals surface area contributed by atoms with Crippen LogP contribution in [0.5, 0.6) is 11.5 Å². The Morgan fingerprint density at radius 3 is 2.52 bits per heavy atom. The van der Waals surface area contributed by atoms with Gasteiger partial charge in [-0.3, -0.25) is 0 Å². The van der Waals surface area contributed by atoms with Crippen LogP contribution in [0.1, 0.15) is 0 Å². The zero-order valence-corrected chi connectivity index (χ0v) is 14.7. The zero-order chi connectivity index (χ0) is 17.5. The number of nitrogens with one attached hydrogen (secondary N) is 1. The average molecular weight is 344 g/mol. The van der Waals surface area contributed by atoms with E-state index in [1.54, 1.807) is 13.3 Å². The van der Waals surface area contributed by atoms with Gasteiger partial charge in [-0.15, -0.1) is 5.10 Å². The number of nitrogens with zero attached hydrogens (tertiary/aromatic N) is 5. The van der Waals surface area contributed by atoms with Crippen LogP contribution >= 0.6 is 0 Å². The summed E-state index contributed by atoms with van der Waals surface area (Å²) in [6.45, 7) is 5.07. The van der Waals surface area contributed by atoms with E-state index in [9.17, 15) is 0 Å². The summed E-state index contributed by atoms with van der Waals surface area (Å²) in [5, 5.41) is 11.2. The molecule has 1 aromatic carbocycles. The summed E-state index contributed by atoms with van der Waals surface area (Å²) in [7, 11) is 3.77. The van der Waals surface area contributed by atoms with Crippen molar-refractivity contribution < 1.29 is 9.47 Å². The quantitative estimate of drug-likeness (QED) is 0.749. The van der Waals surface area contributed by atoms with Crippen LogP contribution in [0.25, 0.3) is 0 Å². The molecule has 1 fully saturated rings. The van der Waals surface area contributed by atoms with Gasteiger partial charge in [0.1, 0.15) is 18.1 Å². The van der Waals surface area contributed by atoms with E-state index < -0.39 is 0 Å². The number of rotatable bonds is 7. The molecule has 8 heteroatoms. The number of anilines is 2. The predicted octanol–water partition coefficient (Wildman–Crippen LogP) is 1.12. The Balaban J connectivity index is 1.45. The second kappa shape index (κ2) is 8.48. The second-order valence-corrected chi connectivity index (χ2v) is 5.88. The van der Waals surface area contributed by atoms with Crippen molar-refractivity contribution in [3.05, 3.63) is 30.5 Å². The molecule has 2 heterocycles. The number of likely N-dealkylation sites (N-methyl/N-ethyl adjacent to an activating group) is 1. The first-order valence-corrected chi connectivity index (χ1v) is 8.38. The molecule has 8 nitrogen and oxygen atoms in total. The van der Waals surface area contributed by atoms with Crippen LogP contribution in [0.4, 0.5) is 11.8 Å². The first kappa shape index (κ1) is 17.2. The van der Waals surface area contributed by atoms with Crippen molar-refractivity contribution in [1.29, 1.82) is 0 Å². The molecule has 0 atom stereocenters. The predicted molar refractivity (Wildman–Crippen MR) is 96.5 cm³/mol. The van der Waals surface area contributed by atoms with Gasteiger partial charge in [0.05, 0.1) is 19.9 Å². The molecule has 0 unspecified atom stereocenters. The molecule has 1 saturated heterocycles. The van der Waals surface area contributed by atoms with E-state index in [1.165, 1.54) is 0 Å². The van der Waals surface area contributed by atoms with Gasteiger partial charge in [0.15, 0.2) is 5.82 Å². The SMILES string of the molecule is COc1ccc(OCCNc2nncc(N3CCN(C)CC3)n2)cc1. The number of benzene rings is 1. The summed E-state index contributed by atoms with van der Waals surface area (Å²) in [5.41, 5.74) is 0. The maximum atomic E-state index is 5.68. The van der Waals surface area contributed by atoms with E-state index in [1.807, 2.05) is 24.3 Å². The minimum Gasteiger partial charge on any atom is -0.497 e. The first-order valence-electron chi connectivity index (χ1n) is 8.38. The Morgan fingerprint density at radius 1 is 1.08 bits per heavy atom. The van der Waals surface area contributed by atoms with Crippen molar-refractivity contribution in [2.45, 2.75) is 0 Å². The van der Waals surface area contributed by atoms with Crippen molar-refractivity contribution >= 4 is 11.8 Å². The summed E-state index contributed by atoms with van der Waals surface area (Å²) in [4.78, 5) is 9.08. The molecule has 0 bridgehead atoms. The highest BCUT2D eigenvalue weighted by atomic mass is 16.5. The van der Waals surface area contributed by atoms with Gasteiger partial charge >= 0.3 is 0 Å². The van der Waals surface area contributed by atoms with E-state index in [0.717, 1.165) is 43.5 Å². The molecule has 0 aliphatic carbocycles. The van der Waals surface area contributed by atoms with Gasteiger partial charge in [-0.1, -0.05) is 0 Å². The second-order valence-electron chi connectivity index (χ2n) is 5.88. The number of piperazine rings is 1. The van der Waals surface area contributed by atoms with E-state index >= 15 is 0 Å². The van der Waals surface area contributed by atoms with E-state index in [0.29, 0.717) is 19.1 Å². The third-order valence-electron chi connectivity index (χ3n) is 4.09. The fraction of sp³-hybridized carbons (Fsp3) is 0.471. The molecule has 2 aromatic rings. The highest BCUT2D eigenvalue weighted by Gasteiger charge is 2.16. The van der Waals surface area contributed by atoms with E-state index in [2.05, 4.69) is 37.3 Å². The summed E-state index contributed by atoms with van der Waals surface area (Å²) < 4.78 is 10.8. The van der Waals surface area contributed by atoms with Crippen LogP contribution in [0.3, 0.4) is 0 Å². The van der Waals surface area contributed by atoms with E-state index in [-0.39, 0.29) is 0 Å². The number of hydrogen-bond acceptors (Lipinski definition) is 8. The molecular weight excluding hydrogens is 320 g/mol. The Labute approximate surface area is 147 Å². The Bertz CT molecular complexity index is 658. The van der Waals surface area contributed by atoms with Crippen LogP contribution in [-0.2, 0) is 0 Å². The highest BCUT2D eigenvalue weighted by molar-refractivity contribution is 5.40. The van der Waals surface area contributed by atoms with Gasteiger partial charge in [0.25, 0.3) is 0 Å². The van der Waals surface area contributed by atoms with Gasteiger partial charge < -0.3 is 24.6 Å². The number of aromatic nitrogens is 3. The maximum Gasteiger partial charge on any atom is 0.244 e. The Hall–Kier alpha value is -2.61. The van der Waals surface area contributed by atoms with Crippen LogP contribution in [0.2, 0.25) is 0 Å². The zero-order valence-electron chi connectivity index (χ0n) is 14.7. The maximum absolute atomic E-state index is 5.68. The summed E-state index contributed by atoms with van der Waals surface area (Å²) in [5.74, 6) is 3.00. The molecule has 0 saturated carbocycles. The molecule has 0 radical (unpaired) electrons. The number of methoxy groups -OCH3 is 1. The minimum absolute atomic E-state index is 0.508. The van der Waals surface area contributed by atoms with Gasteiger partial charge in [0, 0.05) is 26.2 Å². The molecule has 134 valence electrons. The lowest BCUT2D eigenvalue weighted by molar-refractivity contribution is 0.312. The van der Waals surface area contributed by atoms with Crippen molar-refractivity contribution in [2.24, 2.45) is 0 Å². The van der Waals surface area contributed by atoms with Gasteiger partial charge in [0.2, 0.25) is 5.95 Å². The molecule has 25 heavy (non-hydrogen) atoms. The lowest BCUT2D eigenvalue weighted by Gasteiger charge is -2.32. The fourth-order valence-corrected chi connectivity index (χ4v) is 2.56. The van der Waals surface area contributed by atoms with Crippen LogP contribution in [-0.4, -0.2) is 73.6 Å². The molecule has 3 rings (SSSR count). The molecule has 1 aliphatic heterocycles. The van der Waals surface area contributed by atoms with Gasteiger partial charge in [-0.2, -0.15) is 10.1 Å². The third kappa shape index (κ3) is 4.93. The van der Waals surface area contributed by atoms with Crippen molar-refractivity contribution in [1.82, 2.24) is 20.1 Å². The molecule has 1 N–H and O–H groups in total. The molecule has 1 aliphatic rings. The largest absolute Gasteiger partial charge is 0.497 e. The van der Waals surface area contributed by atoms with Crippen LogP contribution < -0.4 is 19.7 Å². The van der Waals surface area contributed by atoms with Gasteiger partial charge in [-0.25, -0.2) is 0 Å². The molecular formula is C17H24N6O2.